The van der Waals surface area contributed by atoms with Crippen LogP contribution >= 0.6 is 0 Å². The normalized spacial score (nSPS) is 21.8. The second-order valence-corrected chi connectivity index (χ2v) is 6.09. The van der Waals surface area contributed by atoms with Crippen LogP contribution in [0, 0.1) is 0 Å². The highest BCUT2D eigenvalue weighted by Gasteiger charge is 2.28. The quantitative estimate of drug-likeness (QED) is 0.942. The topological polar surface area (TPSA) is 38.5 Å². The minimum atomic E-state index is -0.0855. The van der Waals surface area contributed by atoms with Crippen LogP contribution in [0.1, 0.15) is 25.5 Å². The van der Waals surface area contributed by atoms with Gasteiger partial charge in [-0.05, 0) is 30.2 Å². The highest BCUT2D eigenvalue weighted by Crippen LogP contribution is 2.27. The van der Waals surface area contributed by atoms with Gasteiger partial charge in [0.15, 0.2) is 0 Å². The van der Waals surface area contributed by atoms with Crippen molar-refractivity contribution in [2.24, 2.45) is 5.73 Å². The van der Waals surface area contributed by atoms with Crippen molar-refractivity contribution in [3.05, 3.63) is 48.0 Å². The minimum Gasteiger partial charge on any atom is -0.374 e. The van der Waals surface area contributed by atoms with Crippen LogP contribution < -0.4 is 5.73 Å². The van der Waals surface area contributed by atoms with Gasteiger partial charge in [0.05, 0.1) is 18.8 Å². The van der Waals surface area contributed by atoms with E-state index in [-0.39, 0.29) is 12.1 Å². The predicted molar refractivity (Wildman–Crippen MR) is 87.3 cm³/mol. The van der Waals surface area contributed by atoms with Crippen molar-refractivity contribution in [3.63, 3.8) is 0 Å². The molecule has 0 spiro atoms. The number of ether oxygens (including phenoxy) is 1. The second-order valence-electron chi connectivity index (χ2n) is 6.09. The van der Waals surface area contributed by atoms with Crippen molar-refractivity contribution >= 4 is 10.8 Å². The third-order valence-corrected chi connectivity index (χ3v) is 4.44. The molecule has 0 radical (unpaired) electrons. The van der Waals surface area contributed by atoms with E-state index < -0.39 is 0 Å². The number of rotatable bonds is 3. The van der Waals surface area contributed by atoms with Gasteiger partial charge in [0.1, 0.15) is 0 Å². The number of hydrogen-bond acceptors (Lipinski definition) is 3. The molecule has 0 aromatic heterocycles. The molecule has 1 aliphatic rings. The van der Waals surface area contributed by atoms with Gasteiger partial charge in [0, 0.05) is 19.1 Å². The van der Waals surface area contributed by atoms with Gasteiger partial charge in [-0.25, -0.2) is 0 Å². The third-order valence-electron chi connectivity index (χ3n) is 4.44. The first kappa shape index (κ1) is 14.5. The van der Waals surface area contributed by atoms with Gasteiger partial charge < -0.3 is 10.5 Å². The van der Waals surface area contributed by atoms with Gasteiger partial charge in [-0.1, -0.05) is 42.5 Å². The number of fused-ring (bicyclic) bond motifs is 1. The van der Waals surface area contributed by atoms with Crippen LogP contribution in [0.5, 0.6) is 0 Å². The standard InChI is InChI=1S/C18H24N2O/c1-13(2)20-10-11-21-17(12-20)18(19)16-9-5-7-14-6-3-4-8-15(14)16/h3-9,13,17-18H,10-12,19H2,1-2H3. The Morgan fingerprint density at radius 1 is 1.14 bits per heavy atom. The smallest absolute Gasteiger partial charge is 0.0895 e. The van der Waals surface area contributed by atoms with E-state index in [0.717, 1.165) is 19.7 Å². The molecule has 0 saturated carbocycles. The molecule has 1 saturated heterocycles. The summed E-state index contributed by atoms with van der Waals surface area (Å²) < 4.78 is 5.96. The number of morpholine rings is 1. The Bertz CT molecular complexity index is 606. The van der Waals surface area contributed by atoms with Gasteiger partial charge in [0.2, 0.25) is 0 Å². The van der Waals surface area contributed by atoms with Crippen LogP contribution in [0.25, 0.3) is 10.8 Å². The first-order valence-corrected chi connectivity index (χ1v) is 7.75. The van der Waals surface area contributed by atoms with Gasteiger partial charge in [-0.3, -0.25) is 4.90 Å². The molecule has 1 heterocycles. The lowest BCUT2D eigenvalue weighted by Gasteiger charge is -2.38. The molecule has 0 bridgehead atoms. The summed E-state index contributed by atoms with van der Waals surface area (Å²) in [6, 6.07) is 15.2. The molecular formula is C18H24N2O. The fourth-order valence-corrected chi connectivity index (χ4v) is 3.12. The highest BCUT2D eigenvalue weighted by molar-refractivity contribution is 5.86. The zero-order valence-electron chi connectivity index (χ0n) is 12.8. The largest absolute Gasteiger partial charge is 0.374 e. The molecular weight excluding hydrogens is 260 g/mol. The van der Waals surface area contributed by atoms with Gasteiger partial charge in [-0.15, -0.1) is 0 Å². The Kier molecular flexibility index (Phi) is 4.24. The monoisotopic (exact) mass is 284 g/mol. The highest BCUT2D eigenvalue weighted by atomic mass is 16.5. The first-order valence-electron chi connectivity index (χ1n) is 7.75. The van der Waals surface area contributed by atoms with Crippen LogP contribution in [0.3, 0.4) is 0 Å². The molecule has 21 heavy (non-hydrogen) atoms. The molecule has 1 fully saturated rings. The summed E-state index contributed by atoms with van der Waals surface area (Å²) in [6.07, 6.45) is 0.0620. The minimum absolute atomic E-state index is 0.0620. The second kappa shape index (κ2) is 6.14. The van der Waals surface area contributed by atoms with Crippen LogP contribution in [0.4, 0.5) is 0 Å². The molecule has 2 aromatic rings. The van der Waals surface area contributed by atoms with E-state index in [1.165, 1.54) is 16.3 Å². The van der Waals surface area contributed by atoms with Gasteiger partial charge >= 0.3 is 0 Å². The number of nitrogens with zero attached hydrogens (tertiary/aromatic N) is 1. The van der Waals surface area contributed by atoms with E-state index in [0.29, 0.717) is 6.04 Å². The Balaban J connectivity index is 1.88. The van der Waals surface area contributed by atoms with Crippen LogP contribution in [0.2, 0.25) is 0 Å². The molecule has 2 unspecified atom stereocenters. The first-order chi connectivity index (χ1) is 10.2. The number of nitrogens with two attached hydrogens (primary N) is 1. The lowest BCUT2D eigenvalue weighted by molar-refractivity contribution is -0.0500. The summed E-state index contributed by atoms with van der Waals surface area (Å²) in [7, 11) is 0. The molecule has 2 N–H and O–H groups in total. The lowest BCUT2D eigenvalue weighted by atomic mass is 9.95. The van der Waals surface area contributed by atoms with Crippen LogP contribution in [-0.4, -0.2) is 36.7 Å². The fourth-order valence-electron chi connectivity index (χ4n) is 3.12. The summed E-state index contributed by atoms with van der Waals surface area (Å²) in [5.41, 5.74) is 7.73. The molecule has 2 atom stereocenters. The molecule has 0 aliphatic carbocycles. The zero-order valence-corrected chi connectivity index (χ0v) is 12.8. The predicted octanol–water partition coefficient (Wildman–Crippen LogP) is 2.95. The van der Waals surface area contributed by atoms with Crippen molar-refractivity contribution in [3.8, 4) is 0 Å². The van der Waals surface area contributed by atoms with E-state index in [4.69, 9.17) is 10.5 Å². The Morgan fingerprint density at radius 2 is 1.90 bits per heavy atom. The summed E-state index contributed by atoms with van der Waals surface area (Å²) in [6.45, 7) is 7.12. The van der Waals surface area contributed by atoms with E-state index in [1.54, 1.807) is 0 Å². The molecule has 3 heteroatoms. The number of hydrogen-bond donors (Lipinski definition) is 1. The molecule has 1 aliphatic heterocycles. The Labute approximate surface area is 126 Å². The summed E-state index contributed by atoms with van der Waals surface area (Å²) in [5.74, 6) is 0. The van der Waals surface area contributed by atoms with E-state index >= 15 is 0 Å². The van der Waals surface area contributed by atoms with Crippen LogP contribution in [0.15, 0.2) is 42.5 Å². The maximum absolute atomic E-state index is 6.55. The summed E-state index contributed by atoms with van der Waals surface area (Å²) in [5, 5.41) is 2.47. The lowest BCUT2D eigenvalue weighted by Crippen LogP contribution is -2.49. The SMILES string of the molecule is CC(C)N1CCOC(C(N)c2cccc3ccccc23)C1. The maximum Gasteiger partial charge on any atom is 0.0895 e. The zero-order chi connectivity index (χ0) is 14.8. The third kappa shape index (κ3) is 2.95. The van der Waals surface area contributed by atoms with Crippen molar-refractivity contribution in [1.29, 1.82) is 0 Å². The van der Waals surface area contributed by atoms with Gasteiger partial charge in [0.25, 0.3) is 0 Å². The average Bonchev–Trinajstić information content (AvgIpc) is 2.53. The van der Waals surface area contributed by atoms with Crippen molar-refractivity contribution in [2.45, 2.75) is 32.0 Å². The van der Waals surface area contributed by atoms with Crippen molar-refractivity contribution in [1.82, 2.24) is 4.90 Å². The molecule has 0 amide bonds. The Hall–Kier alpha value is -1.42. The van der Waals surface area contributed by atoms with Crippen LogP contribution in [-0.2, 0) is 4.74 Å². The van der Waals surface area contributed by atoms with E-state index in [9.17, 15) is 0 Å². The summed E-state index contributed by atoms with van der Waals surface area (Å²) in [4.78, 5) is 2.44. The van der Waals surface area contributed by atoms with Crippen molar-refractivity contribution in [2.75, 3.05) is 19.7 Å². The van der Waals surface area contributed by atoms with Crippen molar-refractivity contribution < 1.29 is 4.74 Å². The molecule has 112 valence electrons. The molecule has 3 nitrogen and oxygen atoms in total. The van der Waals surface area contributed by atoms with Gasteiger partial charge in [-0.2, -0.15) is 0 Å². The number of benzene rings is 2. The summed E-state index contributed by atoms with van der Waals surface area (Å²) >= 11 is 0. The average molecular weight is 284 g/mol. The Morgan fingerprint density at radius 3 is 2.71 bits per heavy atom. The maximum atomic E-state index is 6.55. The van der Waals surface area contributed by atoms with E-state index in [1.807, 2.05) is 0 Å². The molecule has 3 rings (SSSR count). The van der Waals surface area contributed by atoms with E-state index in [2.05, 4.69) is 61.2 Å². The molecule has 2 aromatic carbocycles. The fraction of sp³-hybridized carbons (Fsp3) is 0.444.